The lowest BCUT2D eigenvalue weighted by Gasteiger charge is -2.37. The molecule has 0 fully saturated rings. The molecule has 3 nitrogen and oxygen atoms in total. The Hall–Kier alpha value is 0.317. The first-order chi connectivity index (χ1) is 7.53. The number of hydrogen-bond donors (Lipinski definition) is 2. The lowest BCUT2D eigenvalue weighted by molar-refractivity contribution is 0.0681. The monoisotopic (exact) mass is 324 g/mol. The first-order valence-electron chi connectivity index (χ1n) is 5.79. The molecule has 0 aliphatic rings. The minimum Gasteiger partial charge on any atom is -0.414 e. The summed E-state index contributed by atoms with van der Waals surface area (Å²) in [5, 5.41) is 19.5. The van der Waals surface area contributed by atoms with Crippen LogP contribution in [-0.4, -0.2) is 42.2 Å². The summed E-state index contributed by atoms with van der Waals surface area (Å²) in [4.78, 5) is -0.440. The summed E-state index contributed by atoms with van der Waals surface area (Å²) >= 11 is 3.25. The van der Waals surface area contributed by atoms with Crippen LogP contribution < -0.4 is 0 Å². The van der Waals surface area contributed by atoms with Crippen LogP contribution in [0.25, 0.3) is 0 Å². The minimum absolute atomic E-state index is 0.117. The van der Waals surface area contributed by atoms with E-state index in [2.05, 4.69) is 56.4 Å². The Labute approximate surface area is 114 Å². The second-order valence-corrected chi connectivity index (χ2v) is 11.7. The highest BCUT2D eigenvalue weighted by Gasteiger charge is 2.38. The van der Waals surface area contributed by atoms with Crippen molar-refractivity contribution in [3.8, 4) is 0 Å². The molecule has 0 aliphatic heterocycles. The van der Waals surface area contributed by atoms with Gasteiger partial charge in [-0.2, -0.15) is 0 Å². The van der Waals surface area contributed by atoms with Gasteiger partial charge < -0.3 is 14.6 Å². The third-order valence-corrected chi connectivity index (χ3v) is 9.01. The van der Waals surface area contributed by atoms with Gasteiger partial charge in [0.05, 0.1) is 23.6 Å². The van der Waals surface area contributed by atoms with Crippen molar-refractivity contribution in [3.63, 3.8) is 0 Å². The van der Waals surface area contributed by atoms with Crippen molar-refractivity contribution in [2.45, 2.75) is 55.9 Å². The number of aliphatic hydroxyl groups is 2. The van der Waals surface area contributed by atoms with E-state index in [1.807, 2.05) is 0 Å². The van der Waals surface area contributed by atoms with Crippen LogP contribution >= 0.6 is 15.9 Å². The number of rotatable bonds is 6. The van der Waals surface area contributed by atoms with Crippen molar-refractivity contribution in [2.24, 2.45) is 0 Å². The SMILES string of the molecule is C=C[C@H](O)[C@@H](Br)[C@@H](O)CO[Si](C)(C)C(C)(C)C. The third kappa shape index (κ3) is 5.22. The molecule has 2 N–H and O–H groups in total. The van der Waals surface area contributed by atoms with E-state index in [0.717, 1.165) is 0 Å². The quantitative estimate of drug-likeness (QED) is 0.448. The Morgan fingerprint density at radius 3 is 2.18 bits per heavy atom. The Bertz CT molecular complexity index is 251. The molecule has 0 aromatic carbocycles. The highest BCUT2D eigenvalue weighted by Crippen LogP contribution is 2.36. The molecule has 0 radical (unpaired) electrons. The normalized spacial score (nSPS) is 18.6. The molecule has 3 atom stereocenters. The summed E-state index contributed by atoms with van der Waals surface area (Å²) in [6.45, 7) is 14.4. The fourth-order valence-electron chi connectivity index (χ4n) is 0.960. The second kappa shape index (κ2) is 6.47. The predicted molar refractivity (Wildman–Crippen MR) is 78.1 cm³/mol. The molecule has 0 saturated heterocycles. The predicted octanol–water partition coefficient (Wildman–Crippen LogP) is 2.68. The van der Waals surface area contributed by atoms with Crippen LogP contribution in [0, 0.1) is 0 Å². The van der Waals surface area contributed by atoms with Gasteiger partial charge in [0.15, 0.2) is 8.32 Å². The number of hydrogen-bond acceptors (Lipinski definition) is 3. The van der Waals surface area contributed by atoms with Gasteiger partial charge in [0, 0.05) is 0 Å². The summed E-state index contributed by atoms with van der Waals surface area (Å²) in [7, 11) is -1.85. The van der Waals surface area contributed by atoms with Crippen molar-refractivity contribution < 1.29 is 14.6 Å². The summed E-state index contributed by atoms with van der Waals surface area (Å²) < 4.78 is 5.88. The smallest absolute Gasteiger partial charge is 0.192 e. The third-order valence-electron chi connectivity index (χ3n) is 3.36. The van der Waals surface area contributed by atoms with E-state index >= 15 is 0 Å². The molecule has 0 spiro atoms. The minimum atomic E-state index is -1.85. The number of alkyl halides is 1. The Morgan fingerprint density at radius 1 is 1.35 bits per heavy atom. The Morgan fingerprint density at radius 2 is 1.82 bits per heavy atom. The van der Waals surface area contributed by atoms with Gasteiger partial charge in [-0.3, -0.25) is 0 Å². The lowest BCUT2D eigenvalue weighted by Crippen LogP contribution is -2.45. The molecule has 5 heteroatoms. The molecule has 0 saturated carbocycles. The summed E-state index contributed by atoms with van der Waals surface area (Å²) in [6, 6.07) is 0. The zero-order valence-electron chi connectivity index (χ0n) is 11.4. The van der Waals surface area contributed by atoms with Crippen LogP contribution in [0.2, 0.25) is 18.1 Å². The molecule has 102 valence electrons. The van der Waals surface area contributed by atoms with Crippen LogP contribution in [0.1, 0.15) is 20.8 Å². The fourth-order valence-corrected chi connectivity index (χ4v) is 2.35. The van der Waals surface area contributed by atoms with Gasteiger partial charge in [-0.15, -0.1) is 6.58 Å². The molecule has 0 unspecified atom stereocenters. The maximum atomic E-state index is 9.89. The van der Waals surface area contributed by atoms with Crippen molar-refractivity contribution in [3.05, 3.63) is 12.7 Å². The van der Waals surface area contributed by atoms with Gasteiger partial charge in [-0.05, 0) is 18.1 Å². The standard InChI is InChI=1S/C12H25BrO3Si/c1-7-9(14)11(13)10(15)8-16-17(5,6)12(2,3)4/h7,9-11,14-15H,1,8H2,2-6H3/t9-,10-,11+/m0/s1. The maximum Gasteiger partial charge on any atom is 0.192 e. The van der Waals surface area contributed by atoms with Crippen LogP contribution in [0.15, 0.2) is 12.7 Å². The van der Waals surface area contributed by atoms with E-state index in [4.69, 9.17) is 4.43 Å². The van der Waals surface area contributed by atoms with Crippen molar-refractivity contribution >= 4 is 24.2 Å². The van der Waals surface area contributed by atoms with Crippen LogP contribution in [0.5, 0.6) is 0 Å². The summed E-state index contributed by atoms with van der Waals surface area (Å²) in [6.07, 6.45) is -0.111. The number of aliphatic hydroxyl groups excluding tert-OH is 2. The Kier molecular flexibility index (Phi) is 6.59. The molecule has 0 aromatic rings. The van der Waals surface area contributed by atoms with E-state index in [9.17, 15) is 10.2 Å². The largest absolute Gasteiger partial charge is 0.414 e. The molecular weight excluding hydrogens is 300 g/mol. The van der Waals surface area contributed by atoms with Crippen LogP contribution in [-0.2, 0) is 4.43 Å². The molecule has 0 bridgehead atoms. The van der Waals surface area contributed by atoms with Crippen LogP contribution in [0.4, 0.5) is 0 Å². The average molecular weight is 325 g/mol. The van der Waals surface area contributed by atoms with Crippen LogP contribution in [0.3, 0.4) is 0 Å². The maximum absolute atomic E-state index is 9.89. The summed E-state index contributed by atoms with van der Waals surface area (Å²) in [5.74, 6) is 0. The van der Waals surface area contributed by atoms with Crippen molar-refractivity contribution in [1.82, 2.24) is 0 Å². The molecule has 0 aliphatic carbocycles. The number of halogens is 1. The van der Waals surface area contributed by atoms with Crippen molar-refractivity contribution in [1.29, 1.82) is 0 Å². The molecule has 0 heterocycles. The van der Waals surface area contributed by atoms with Gasteiger partial charge >= 0.3 is 0 Å². The highest BCUT2D eigenvalue weighted by molar-refractivity contribution is 9.09. The molecular formula is C12H25BrO3Si. The molecule has 0 aromatic heterocycles. The first-order valence-corrected chi connectivity index (χ1v) is 9.62. The highest BCUT2D eigenvalue weighted by atomic mass is 79.9. The fraction of sp³-hybridized carbons (Fsp3) is 0.833. The first kappa shape index (κ1) is 17.3. The Balaban J connectivity index is 4.34. The van der Waals surface area contributed by atoms with E-state index in [1.54, 1.807) is 0 Å². The zero-order chi connectivity index (χ0) is 13.9. The summed E-state index contributed by atoms with van der Waals surface area (Å²) in [5.41, 5.74) is 0. The van der Waals surface area contributed by atoms with Gasteiger partial charge in [0.2, 0.25) is 0 Å². The molecule has 0 rings (SSSR count). The van der Waals surface area contributed by atoms with E-state index in [1.165, 1.54) is 6.08 Å². The van der Waals surface area contributed by atoms with E-state index in [-0.39, 0.29) is 11.6 Å². The topological polar surface area (TPSA) is 49.7 Å². The van der Waals surface area contributed by atoms with Gasteiger partial charge in [0.1, 0.15) is 0 Å². The van der Waals surface area contributed by atoms with E-state index < -0.39 is 25.4 Å². The average Bonchev–Trinajstić information content (AvgIpc) is 2.22. The van der Waals surface area contributed by atoms with Gasteiger partial charge in [0.25, 0.3) is 0 Å². The van der Waals surface area contributed by atoms with Gasteiger partial charge in [-0.1, -0.05) is 42.8 Å². The zero-order valence-corrected chi connectivity index (χ0v) is 14.0. The molecule has 17 heavy (non-hydrogen) atoms. The van der Waals surface area contributed by atoms with Crippen molar-refractivity contribution in [2.75, 3.05) is 6.61 Å². The lowest BCUT2D eigenvalue weighted by atomic mass is 10.1. The van der Waals surface area contributed by atoms with E-state index in [0.29, 0.717) is 0 Å². The molecule has 0 amide bonds. The van der Waals surface area contributed by atoms with Gasteiger partial charge in [-0.25, -0.2) is 0 Å². The second-order valence-electron chi connectivity index (χ2n) is 5.81.